The monoisotopic (exact) mass is 223 g/mol. The van der Waals surface area contributed by atoms with E-state index in [1.807, 2.05) is 13.8 Å². The van der Waals surface area contributed by atoms with Crippen molar-refractivity contribution in [3.8, 4) is 0 Å². The van der Waals surface area contributed by atoms with Crippen molar-refractivity contribution in [2.24, 2.45) is 5.22 Å². The van der Waals surface area contributed by atoms with Gasteiger partial charge in [0.05, 0.1) is 11.4 Å². The summed E-state index contributed by atoms with van der Waals surface area (Å²) in [5, 5.41) is 11.3. The van der Waals surface area contributed by atoms with E-state index in [0.717, 1.165) is 11.3 Å². The molecule has 0 bridgehead atoms. The molecule has 1 rings (SSSR count). The van der Waals surface area contributed by atoms with Crippen LogP contribution in [0.15, 0.2) is 17.4 Å². The fraction of sp³-hybridized carbons (Fsp3) is 0.300. The molecule has 0 unspecified atom stereocenters. The van der Waals surface area contributed by atoms with E-state index in [0.29, 0.717) is 11.3 Å². The Morgan fingerprint density at radius 1 is 1.50 bits per heavy atom. The standard InChI is InChI=1S/C10H14FN5/c1-6(2)7-3-8(11)9(13)4-10(7)16(5-12)15-14/h3-6,12,14H,13H2,1-2H3. The predicted molar refractivity (Wildman–Crippen MR) is 61.3 cm³/mol. The van der Waals surface area contributed by atoms with E-state index < -0.39 is 5.82 Å². The predicted octanol–water partition coefficient (Wildman–Crippen LogP) is 2.89. The van der Waals surface area contributed by atoms with Crippen LogP contribution in [0.1, 0.15) is 25.3 Å². The number of hydrogen-bond donors (Lipinski definition) is 3. The van der Waals surface area contributed by atoms with Gasteiger partial charge in [-0.1, -0.05) is 19.1 Å². The molecule has 0 spiro atoms. The first kappa shape index (κ1) is 12.1. The molecule has 6 heteroatoms. The minimum atomic E-state index is -0.498. The second kappa shape index (κ2) is 4.69. The Balaban J connectivity index is 3.40. The van der Waals surface area contributed by atoms with Crippen LogP contribution in [0.25, 0.3) is 0 Å². The van der Waals surface area contributed by atoms with Gasteiger partial charge in [-0.3, -0.25) is 5.41 Å². The Kier molecular flexibility index (Phi) is 3.55. The van der Waals surface area contributed by atoms with Crippen LogP contribution >= 0.6 is 0 Å². The molecule has 0 saturated heterocycles. The molecular formula is C10H14FN5. The minimum Gasteiger partial charge on any atom is -0.396 e. The number of anilines is 2. The second-order valence-corrected chi connectivity index (χ2v) is 3.66. The van der Waals surface area contributed by atoms with Crippen LogP contribution in [0.4, 0.5) is 15.8 Å². The summed E-state index contributed by atoms with van der Waals surface area (Å²) in [5.74, 6) is -0.448. The molecule has 0 fully saturated rings. The molecule has 0 aromatic heterocycles. The van der Waals surface area contributed by atoms with Crippen molar-refractivity contribution in [1.82, 2.24) is 0 Å². The lowest BCUT2D eigenvalue weighted by atomic mass is 10.00. The lowest BCUT2D eigenvalue weighted by molar-refractivity contribution is 0.628. The number of nitrogens with two attached hydrogens (primary N) is 1. The third kappa shape index (κ3) is 2.16. The summed E-state index contributed by atoms with van der Waals surface area (Å²) in [6.45, 7) is 3.78. The molecule has 4 N–H and O–H groups in total. The number of nitrogen functional groups attached to an aromatic ring is 1. The van der Waals surface area contributed by atoms with Crippen molar-refractivity contribution >= 4 is 17.7 Å². The Labute approximate surface area is 93.0 Å². The molecule has 1 aromatic carbocycles. The van der Waals surface area contributed by atoms with E-state index in [1.54, 1.807) is 0 Å². The van der Waals surface area contributed by atoms with E-state index >= 15 is 0 Å². The molecule has 0 heterocycles. The first-order chi connectivity index (χ1) is 7.51. The number of nitrogens with one attached hydrogen (secondary N) is 2. The maximum Gasteiger partial charge on any atom is 0.146 e. The van der Waals surface area contributed by atoms with E-state index in [1.165, 1.54) is 12.1 Å². The molecule has 5 nitrogen and oxygen atoms in total. The number of hydrogen-bond acceptors (Lipinski definition) is 4. The molecule has 0 amide bonds. The Bertz CT molecular complexity index is 408. The summed E-state index contributed by atoms with van der Waals surface area (Å²) < 4.78 is 13.3. The number of benzene rings is 1. The van der Waals surface area contributed by atoms with E-state index in [2.05, 4.69) is 5.22 Å². The lowest BCUT2D eigenvalue weighted by Crippen LogP contribution is -2.15. The van der Waals surface area contributed by atoms with Gasteiger partial charge in [0.25, 0.3) is 0 Å². The summed E-state index contributed by atoms with van der Waals surface area (Å²) in [4.78, 5) is 0. The summed E-state index contributed by atoms with van der Waals surface area (Å²) >= 11 is 0. The summed E-state index contributed by atoms with van der Waals surface area (Å²) in [6.07, 6.45) is 0.881. The van der Waals surface area contributed by atoms with Gasteiger partial charge in [-0.15, -0.1) is 0 Å². The zero-order valence-corrected chi connectivity index (χ0v) is 9.16. The van der Waals surface area contributed by atoms with Gasteiger partial charge in [-0.2, -0.15) is 5.53 Å². The fourth-order valence-electron chi connectivity index (χ4n) is 1.41. The molecule has 16 heavy (non-hydrogen) atoms. The molecule has 0 radical (unpaired) electrons. The topological polar surface area (TPSA) is 89.3 Å². The van der Waals surface area contributed by atoms with Crippen LogP contribution in [0.3, 0.4) is 0 Å². The van der Waals surface area contributed by atoms with Crippen molar-refractivity contribution in [2.75, 3.05) is 10.7 Å². The number of rotatable bonds is 4. The maximum absolute atomic E-state index is 13.3. The SMILES string of the molecule is CC(C)c1cc(F)c(N)cc1N(C=N)N=N. The van der Waals surface area contributed by atoms with E-state index in [4.69, 9.17) is 16.7 Å². The molecule has 0 aliphatic rings. The van der Waals surface area contributed by atoms with Gasteiger partial charge in [-0.25, -0.2) is 9.40 Å². The Morgan fingerprint density at radius 3 is 2.56 bits per heavy atom. The van der Waals surface area contributed by atoms with Crippen LogP contribution in [-0.4, -0.2) is 6.34 Å². The molecule has 0 atom stereocenters. The molecule has 1 aromatic rings. The highest BCUT2D eigenvalue weighted by atomic mass is 19.1. The normalized spacial score (nSPS) is 10.2. The third-order valence-electron chi connectivity index (χ3n) is 2.24. The Hall–Kier alpha value is -1.98. The zero-order valence-electron chi connectivity index (χ0n) is 9.16. The average Bonchev–Trinajstić information content (AvgIpc) is 2.24. The van der Waals surface area contributed by atoms with Crippen LogP contribution in [-0.2, 0) is 0 Å². The average molecular weight is 223 g/mol. The first-order valence-corrected chi connectivity index (χ1v) is 4.77. The molecule has 86 valence electrons. The van der Waals surface area contributed by atoms with Crippen molar-refractivity contribution in [3.63, 3.8) is 0 Å². The summed E-state index contributed by atoms with van der Waals surface area (Å²) in [7, 11) is 0. The second-order valence-electron chi connectivity index (χ2n) is 3.66. The van der Waals surface area contributed by atoms with Gasteiger partial charge in [0, 0.05) is 0 Å². The smallest absolute Gasteiger partial charge is 0.146 e. The van der Waals surface area contributed by atoms with Gasteiger partial charge in [0.2, 0.25) is 0 Å². The quantitative estimate of drug-likeness (QED) is 0.241. The van der Waals surface area contributed by atoms with Crippen LogP contribution in [0.5, 0.6) is 0 Å². The summed E-state index contributed by atoms with van der Waals surface area (Å²) in [5.41, 5.74) is 13.5. The van der Waals surface area contributed by atoms with E-state index in [-0.39, 0.29) is 11.6 Å². The van der Waals surface area contributed by atoms with Gasteiger partial charge in [-0.05, 0) is 23.6 Å². The molecule has 0 aliphatic carbocycles. The highest BCUT2D eigenvalue weighted by Gasteiger charge is 2.15. The zero-order chi connectivity index (χ0) is 12.3. The van der Waals surface area contributed by atoms with E-state index in [9.17, 15) is 4.39 Å². The number of nitrogens with zero attached hydrogens (tertiary/aromatic N) is 2. The minimum absolute atomic E-state index is 0.0186. The van der Waals surface area contributed by atoms with Gasteiger partial charge in [0.1, 0.15) is 12.2 Å². The largest absolute Gasteiger partial charge is 0.396 e. The van der Waals surface area contributed by atoms with Crippen LogP contribution in [0, 0.1) is 16.8 Å². The lowest BCUT2D eigenvalue weighted by Gasteiger charge is -2.18. The van der Waals surface area contributed by atoms with Gasteiger partial charge in [0.15, 0.2) is 0 Å². The summed E-state index contributed by atoms with van der Waals surface area (Å²) in [6, 6.07) is 2.70. The third-order valence-corrected chi connectivity index (χ3v) is 2.24. The van der Waals surface area contributed by atoms with Crippen molar-refractivity contribution < 1.29 is 4.39 Å². The molecule has 0 aliphatic heterocycles. The van der Waals surface area contributed by atoms with Crippen molar-refractivity contribution in [3.05, 3.63) is 23.5 Å². The van der Waals surface area contributed by atoms with Gasteiger partial charge < -0.3 is 5.73 Å². The first-order valence-electron chi connectivity index (χ1n) is 4.77. The maximum atomic E-state index is 13.3. The number of halogens is 1. The van der Waals surface area contributed by atoms with Crippen LogP contribution in [0.2, 0.25) is 0 Å². The van der Waals surface area contributed by atoms with Crippen LogP contribution < -0.4 is 10.7 Å². The van der Waals surface area contributed by atoms with Crippen molar-refractivity contribution in [2.45, 2.75) is 19.8 Å². The van der Waals surface area contributed by atoms with Crippen molar-refractivity contribution in [1.29, 1.82) is 10.9 Å². The highest BCUT2D eigenvalue weighted by molar-refractivity contribution is 5.79. The van der Waals surface area contributed by atoms with Gasteiger partial charge >= 0.3 is 0 Å². The Morgan fingerprint density at radius 2 is 2.12 bits per heavy atom. The highest BCUT2D eigenvalue weighted by Crippen LogP contribution is 2.31. The fourth-order valence-corrected chi connectivity index (χ4v) is 1.41. The molecule has 0 saturated carbocycles. The molecular weight excluding hydrogens is 209 g/mol.